The Morgan fingerprint density at radius 1 is 1.46 bits per heavy atom. The van der Waals surface area contributed by atoms with Crippen LogP contribution >= 0.6 is 0 Å². The third-order valence-electron chi connectivity index (χ3n) is 1.90. The van der Waals surface area contributed by atoms with Crippen LogP contribution in [0.3, 0.4) is 0 Å². The van der Waals surface area contributed by atoms with Crippen molar-refractivity contribution in [3.63, 3.8) is 0 Å². The van der Waals surface area contributed by atoms with Crippen molar-refractivity contribution in [2.24, 2.45) is 11.5 Å². The lowest BCUT2D eigenvalue weighted by molar-refractivity contribution is 0.255. The van der Waals surface area contributed by atoms with Crippen LogP contribution < -0.4 is 16.4 Å². The molecule has 0 aliphatic heterocycles. The number of carbonyl (C=O) groups is 1. The number of hydrogen-bond donors (Lipinski definition) is 2. The fraction of sp³-hybridized carbons (Fsp3) is 0.222. The summed E-state index contributed by atoms with van der Waals surface area (Å²) in [5.74, 6) is 0. The van der Waals surface area contributed by atoms with Crippen LogP contribution in [0.1, 0.15) is 5.56 Å². The van der Waals surface area contributed by atoms with E-state index in [1.165, 1.54) is 4.90 Å². The first kappa shape index (κ1) is 9.54. The van der Waals surface area contributed by atoms with Gasteiger partial charge < -0.3 is 11.5 Å². The van der Waals surface area contributed by atoms with Crippen molar-refractivity contribution in [3.05, 3.63) is 29.8 Å². The Balaban J connectivity index is 3.05. The maximum Gasteiger partial charge on any atom is 0.319 e. The molecule has 0 bridgehead atoms. The van der Waals surface area contributed by atoms with Crippen molar-refractivity contribution in [2.45, 2.75) is 6.54 Å². The van der Waals surface area contributed by atoms with E-state index in [9.17, 15) is 4.79 Å². The van der Waals surface area contributed by atoms with Gasteiger partial charge in [0.15, 0.2) is 0 Å². The number of rotatable bonds is 2. The topological polar surface area (TPSA) is 72.3 Å². The zero-order valence-electron chi connectivity index (χ0n) is 7.53. The van der Waals surface area contributed by atoms with E-state index in [1.54, 1.807) is 7.05 Å². The third-order valence-corrected chi connectivity index (χ3v) is 1.90. The van der Waals surface area contributed by atoms with Crippen LogP contribution in [-0.4, -0.2) is 13.1 Å². The second kappa shape index (κ2) is 3.91. The molecule has 4 nitrogen and oxygen atoms in total. The van der Waals surface area contributed by atoms with Crippen LogP contribution in [0.4, 0.5) is 10.5 Å². The van der Waals surface area contributed by atoms with Gasteiger partial charge in [0.05, 0.1) is 0 Å². The first-order chi connectivity index (χ1) is 6.16. The zero-order chi connectivity index (χ0) is 9.84. The third kappa shape index (κ3) is 1.97. The molecule has 1 rings (SSSR count). The number of nitrogens with zero attached hydrogens (tertiary/aromatic N) is 1. The van der Waals surface area contributed by atoms with E-state index in [4.69, 9.17) is 11.5 Å². The number of anilines is 1. The first-order valence-corrected chi connectivity index (χ1v) is 3.98. The highest BCUT2D eigenvalue weighted by Crippen LogP contribution is 2.17. The average molecular weight is 179 g/mol. The quantitative estimate of drug-likeness (QED) is 0.700. The van der Waals surface area contributed by atoms with E-state index >= 15 is 0 Å². The Morgan fingerprint density at radius 3 is 2.62 bits per heavy atom. The zero-order valence-corrected chi connectivity index (χ0v) is 7.53. The predicted molar refractivity (Wildman–Crippen MR) is 52.3 cm³/mol. The lowest BCUT2D eigenvalue weighted by Crippen LogP contribution is -2.32. The molecule has 0 unspecified atom stereocenters. The molecule has 0 radical (unpaired) electrons. The van der Waals surface area contributed by atoms with Crippen molar-refractivity contribution in [2.75, 3.05) is 11.9 Å². The van der Waals surface area contributed by atoms with Gasteiger partial charge in [-0.1, -0.05) is 18.2 Å². The minimum Gasteiger partial charge on any atom is -0.351 e. The molecule has 1 aromatic carbocycles. The van der Waals surface area contributed by atoms with Crippen LogP contribution in [0.25, 0.3) is 0 Å². The van der Waals surface area contributed by atoms with Gasteiger partial charge in [-0.15, -0.1) is 0 Å². The highest BCUT2D eigenvalue weighted by molar-refractivity contribution is 5.90. The molecule has 0 fully saturated rings. The maximum atomic E-state index is 10.9. The molecule has 0 heterocycles. The predicted octanol–water partition coefficient (Wildman–Crippen LogP) is 0.660. The number of carbonyl (C=O) groups excluding carboxylic acids is 1. The van der Waals surface area contributed by atoms with Gasteiger partial charge in [0.2, 0.25) is 0 Å². The molecule has 0 aliphatic rings. The summed E-state index contributed by atoms with van der Waals surface area (Å²) in [6.45, 7) is 0.397. The highest BCUT2D eigenvalue weighted by Gasteiger charge is 2.08. The van der Waals surface area contributed by atoms with Crippen LogP contribution in [0.15, 0.2) is 24.3 Å². The number of hydrogen-bond acceptors (Lipinski definition) is 2. The molecule has 0 aromatic heterocycles. The van der Waals surface area contributed by atoms with E-state index in [-0.39, 0.29) is 0 Å². The molecular formula is C9H13N3O. The van der Waals surface area contributed by atoms with Crippen LogP contribution in [-0.2, 0) is 6.54 Å². The molecular weight excluding hydrogens is 166 g/mol. The molecule has 0 aliphatic carbocycles. The standard InChI is InChI=1S/C9H13N3O/c1-12(9(11)13)8-5-3-2-4-7(8)6-10/h2-5H,6,10H2,1H3,(H2,11,13). The summed E-state index contributed by atoms with van der Waals surface area (Å²) in [4.78, 5) is 12.3. The van der Waals surface area contributed by atoms with Gasteiger partial charge >= 0.3 is 6.03 Å². The summed E-state index contributed by atoms with van der Waals surface area (Å²) in [6, 6.07) is 6.91. The van der Waals surface area contributed by atoms with Gasteiger partial charge in [0.25, 0.3) is 0 Å². The summed E-state index contributed by atoms with van der Waals surface area (Å²) in [5, 5.41) is 0. The molecule has 2 amide bonds. The Labute approximate surface area is 77.1 Å². The molecule has 1 aromatic rings. The van der Waals surface area contributed by atoms with Crippen LogP contribution in [0.5, 0.6) is 0 Å². The minimum absolute atomic E-state index is 0.397. The van der Waals surface area contributed by atoms with Gasteiger partial charge in [0.1, 0.15) is 0 Å². The monoisotopic (exact) mass is 179 g/mol. The van der Waals surface area contributed by atoms with Gasteiger partial charge in [-0.2, -0.15) is 0 Å². The Bertz CT molecular complexity index is 311. The molecule has 0 atom stereocenters. The average Bonchev–Trinajstić information content (AvgIpc) is 2.16. The molecule has 0 saturated carbocycles. The largest absolute Gasteiger partial charge is 0.351 e. The molecule has 13 heavy (non-hydrogen) atoms. The molecule has 4 heteroatoms. The minimum atomic E-state index is -0.485. The summed E-state index contributed by atoms with van der Waals surface area (Å²) in [5.41, 5.74) is 12.3. The van der Waals surface area contributed by atoms with Crippen molar-refractivity contribution in [1.29, 1.82) is 0 Å². The molecule has 0 spiro atoms. The lowest BCUT2D eigenvalue weighted by atomic mass is 10.1. The number of nitrogens with two attached hydrogens (primary N) is 2. The lowest BCUT2D eigenvalue weighted by Gasteiger charge is -2.17. The van der Waals surface area contributed by atoms with Gasteiger partial charge in [-0.3, -0.25) is 4.90 Å². The van der Waals surface area contributed by atoms with Crippen LogP contribution in [0, 0.1) is 0 Å². The second-order valence-electron chi connectivity index (χ2n) is 2.73. The summed E-state index contributed by atoms with van der Waals surface area (Å²) < 4.78 is 0. The summed E-state index contributed by atoms with van der Waals surface area (Å²) in [7, 11) is 1.62. The van der Waals surface area contributed by atoms with E-state index < -0.39 is 6.03 Å². The number of primary amides is 1. The number of amides is 2. The van der Waals surface area contributed by atoms with E-state index in [0.717, 1.165) is 11.3 Å². The van der Waals surface area contributed by atoms with E-state index in [0.29, 0.717) is 6.54 Å². The Hall–Kier alpha value is -1.55. The fourth-order valence-electron chi connectivity index (χ4n) is 1.13. The maximum absolute atomic E-state index is 10.9. The normalized spacial score (nSPS) is 9.69. The number of benzene rings is 1. The smallest absolute Gasteiger partial charge is 0.319 e. The summed E-state index contributed by atoms with van der Waals surface area (Å²) >= 11 is 0. The van der Waals surface area contributed by atoms with Gasteiger partial charge in [-0.25, -0.2) is 4.79 Å². The van der Waals surface area contributed by atoms with Crippen molar-refractivity contribution in [1.82, 2.24) is 0 Å². The van der Waals surface area contributed by atoms with Gasteiger partial charge in [-0.05, 0) is 11.6 Å². The number of para-hydroxylation sites is 1. The van der Waals surface area contributed by atoms with Crippen molar-refractivity contribution >= 4 is 11.7 Å². The highest BCUT2D eigenvalue weighted by atomic mass is 16.2. The molecule has 4 N–H and O–H groups in total. The number of urea groups is 1. The SMILES string of the molecule is CN(C(N)=O)c1ccccc1CN. The van der Waals surface area contributed by atoms with Crippen molar-refractivity contribution in [3.8, 4) is 0 Å². The van der Waals surface area contributed by atoms with E-state index in [2.05, 4.69) is 0 Å². The Morgan fingerprint density at radius 2 is 2.08 bits per heavy atom. The Kier molecular flexibility index (Phi) is 2.87. The summed E-state index contributed by atoms with van der Waals surface area (Å²) in [6.07, 6.45) is 0. The second-order valence-corrected chi connectivity index (χ2v) is 2.73. The van der Waals surface area contributed by atoms with Crippen LogP contribution in [0.2, 0.25) is 0 Å². The van der Waals surface area contributed by atoms with Gasteiger partial charge in [0, 0.05) is 19.3 Å². The first-order valence-electron chi connectivity index (χ1n) is 3.98. The molecule has 0 saturated heterocycles. The van der Waals surface area contributed by atoms with E-state index in [1.807, 2.05) is 24.3 Å². The fourth-order valence-corrected chi connectivity index (χ4v) is 1.13. The molecule has 70 valence electrons. The van der Waals surface area contributed by atoms with Crippen molar-refractivity contribution < 1.29 is 4.79 Å².